The maximum atomic E-state index is 12.9. The Kier molecular flexibility index (Phi) is 15.5. The number of ether oxygens (including phenoxy) is 4. The maximum absolute atomic E-state index is 12.9. The van der Waals surface area contributed by atoms with Crippen molar-refractivity contribution in [1.29, 1.82) is 0 Å². The van der Waals surface area contributed by atoms with Crippen LogP contribution in [-0.2, 0) is 67.4 Å². The molecule has 1 aromatic carbocycles. The minimum Gasteiger partial charge on any atom is -0.382 e. The lowest BCUT2D eigenvalue weighted by atomic mass is 9.81. The van der Waals surface area contributed by atoms with Crippen molar-refractivity contribution in [2.45, 2.75) is 81.8 Å². The fraction of sp³-hybridized carbons (Fsp3) is 0.541. The fourth-order valence-corrected chi connectivity index (χ4v) is 7.65. The summed E-state index contributed by atoms with van der Waals surface area (Å²) in [5.74, 6) is -6.24. The first-order valence-corrected chi connectivity index (χ1v) is 19.8. The second-order valence-electron chi connectivity index (χ2n) is 13.2. The van der Waals surface area contributed by atoms with Gasteiger partial charge in [-0.1, -0.05) is 11.6 Å². The zero-order chi connectivity index (χ0) is 40.5. The van der Waals surface area contributed by atoms with E-state index in [1.165, 1.54) is 19.2 Å². The minimum absolute atomic E-state index is 0.0385. The third kappa shape index (κ3) is 11.4. The molecule has 1 aliphatic heterocycles. The lowest BCUT2D eigenvalue weighted by Gasteiger charge is -2.20. The number of methoxy groups -OCH3 is 1. The van der Waals surface area contributed by atoms with Gasteiger partial charge in [-0.3, -0.25) is 28.8 Å². The molecule has 2 saturated carbocycles. The molecule has 300 valence electrons. The average Bonchev–Trinajstić information content (AvgIpc) is 3.63. The summed E-state index contributed by atoms with van der Waals surface area (Å²) in [5, 5.41) is -0.101. The number of rotatable bonds is 14. The number of alkyl halides is 3. The number of Topliss-reactive ketones (excluding diaryl/α,β-unsaturated/α-hetero) is 6. The maximum Gasteiger partial charge on any atom is 0.433 e. The highest BCUT2D eigenvalue weighted by Crippen LogP contribution is 2.33. The number of ketones is 6. The monoisotopic (exact) mass is 815 g/mol. The van der Waals surface area contributed by atoms with Gasteiger partial charge in [-0.25, -0.2) is 13.4 Å². The average molecular weight is 816 g/mol. The van der Waals surface area contributed by atoms with E-state index in [1.54, 1.807) is 0 Å². The van der Waals surface area contributed by atoms with Crippen molar-refractivity contribution in [1.82, 2.24) is 4.98 Å². The number of carbonyl (C=O) groups excluding carboxylic acids is 6. The van der Waals surface area contributed by atoms with Crippen LogP contribution in [0.5, 0.6) is 0 Å². The molecule has 5 rings (SSSR count). The molecular formula is C37H41ClF3NO12S. The van der Waals surface area contributed by atoms with Gasteiger partial charge < -0.3 is 18.9 Å². The van der Waals surface area contributed by atoms with Crippen LogP contribution in [0.1, 0.15) is 89.0 Å². The molecule has 18 heteroatoms. The Morgan fingerprint density at radius 2 is 1.40 bits per heavy atom. The van der Waals surface area contributed by atoms with Crippen molar-refractivity contribution in [2.75, 3.05) is 39.8 Å². The van der Waals surface area contributed by atoms with E-state index in [0.29, 0.717) is 25.5 Å². The van der Waals surface area contributed by atoms with Gasteiger partial charge in [-0.15, -0.1) is 0 Å². The third-order valence-corrected chi connectivity index (χ3v) is 10.8. The molecule has 0 amide bonds. The number of benzene rings is 1. The SMILES string of the molecule is COCCOCc1nc(C(F)(F)F)ccc1C(=O)C1C(=O)CCCC1=O.CS(=O)(=O)c1ccc(C(=O)C2C(=O)CCCC2=O)c(Cl)c1COCC1CCCO1. The Morgan fingerprint density at radius 1 is 0.836 bits per heavy atom. The van der Waals surface area contributed by atoms with Gasteiger partial charge in [-0.2, -0.15) is 13.2 Å². The molecule has 0 spiro atoms. The van der Waals surface area contributed by atoms with E-state index in [9.17, 15) is 50.4 Å². The first-order chi connectivity index (χ1) is 25.9. The van der Waals surface area contributed by atoms with Crippen molar-refractivity contribution in [3.63, 3.8) is 0 Å². The molecule has 0 bridgehead atoms. The molecular weight excluding hydrogens is 775 g/mol. The van der Waals surface area contributed by atoms with Crippen LogP contribution >= 0.6 is 11.6 Å². The molecule has 1 saturated heterocycles. The lowest BCUT2D eigenvalue weighted by Crippen LogP contribution is -2.36. The first-order valence-electron chi connectivity index (χ1n) is 17.5. The van der Waals surface area contributed by atoms with Gasteiger partial charge >= 0.3 is 6.18 Å². The van der Waals surface area contributed by atoms with Crippen LogP contribution < -0.4 is 0 Å². The van der Waals surface area contributed by atoms with E-state index in [4.69, 9.17) is 30.5 Å². The Morgan fingerprint density at radius 3 is 1.91 bits per heavy atom. The quantitative estimate of drug-likeness (QED) is 0.142. The van der Waals surface area contributed by atoms with Gasteiger partial charge in [-0.05, 0) is 49.9 Å². The molecule has 1 atom stereocenters. The van der Waals surface area contributed by atoms with Gasteiger partial charge in [0.1, 0.15) is 17.5 Å². The Hall–Kier alpha value is -3.74. The highest BCUT2D eigenvalue weighted by atomic mass is 35.5. The van der Waals surface area contributed by atoms with Gasteiger partial charge in [0.25, 0.3) is 0 Å². The number of aromatic nitrogens is 1. The van der Waals surface area contributed by atoms with Crippen molar-refractivity contribution in [3.8, 4) is 0 Å². The molecule has 3 fully saturated rings. The van der Waals surface area contributed by atoms with Gasteiger partial charge in [0.2, 0.25) is 0 Å². The summed E-state index contributed by atoms with van der Waals surface area (Å²) in [5.41, 5.74) is -1.53. The molecule has 0 N–H and O–H groups in total. The smallest absolute Gasteiger partial charge is 0.382 e. The van der Waals surface area contributed by atoms with Crippen molar-refractivity contribution >= 4 is 56.1 Å². The number of carbonyl (C=O) groups is 6. The van der Waals surface area contributed by atoms with Crippen molar-refractivity contribution in [2.24, 2.45) is 11.8 Å². The van der Waals surface area contributed by atoms with Gasteiger partial charge in [0, 0.05) is 62.3 Å². The topological polar surface area (TPSA) is 186 Å². The van der Waals surface area contributed by atoms with E-state index in [2.05, 4.69) is 4.98 Å². The highest BCUT2D eigenvalue weighted by Gasteiger charge is 2.40. The third-order valence-electron chi connectivity index (χ3n) is 9.14. The predicted octanol–water partition coefficient (Wildman–Crippen LogP) is 4.94. The molecule has 2 aromatic rings. The standard InChI is InChI=1S/C20H23ClO7S.C17H18F3NO5/c1-29(25,26)17-8-7-13(20(24)18-15(22)5-2-6-16(18)23)19(21)14(17)11-27-10-12-4-3-9-28-12;1-25-7-8-26-9-11-10(5-6-14(21-11)17(18,19)20)16(24)15-12(22)3-2-4-13(15)23/h7-8,12,18H,2-6,9-11H2,1H3;5-6,15H,2-4,7-9H2,1H3. The van der Waals surface area contributed by atoms with Crippen LogP contribution in [0.25, 0.3) is 0 Å². The number of halogens is 4. The van der Waals surface area contributed by atoms with Crippen LogP contribution in [0.15, 0.2) is 29.2 Å². The summed E-state index contributed by atoms with van der Waals surface area (Å²) in [6, 6.07) is 4.14. The Bertz CT molecular complexity index is 1880. The molecule has 1 unspecified atom stereocenters. The van der Waals surface area contributed by atoms with E-state index >= 15 is 0 Å². The number of sulfone groups is 1. The largest absolute Gasteiger partial charge is 0.433 e. The van der Waals surface area contributed by atoms with Crippen LogP contribution in [0, 0.1) is 11.8 Å². The fourth-order valence-electron chi connectivity index (χ4n) is 6.35. The number of hydrogen-bond donors (Lipinski definition) is 0. The summed E-state index contributed by atoms with van der Waals surface area (Å²) in [4.78, 5) is 77.2. The van der Waals surface area contributed by atoms with E-state index < -0.39 is 68.2 Å². The molecule has 2 aliphatic carbocycles. The number of pyridine rings is 1. The summed E-state index contributed by atoms with van der Waals surface area (Å²) >= 11 is 6.41. The van der Waals surface area contributed by atoms with Crippen LogP contribution in [0.3, 0.4) is 0 Å². The highest BCUT2D eigenvalue weighted by molar-refractivity contribution is 7.90. The van der Waals surface area contributed by atoms with Crippen LogP contribution in [-0.4, -0.2) is 94.0 Å². The van der Waals surface area contributed by atoms with Gasteiger partial charge in [0.15, 0.2) is 44.5 Å². The van der Waals surface area contributed by atoms with E-state index in [0.717, 1.165) is 25.2 Å². The van der Waals surface area contributed by atoms with Crippen LogP contribution in [0.2, 0.25) is 5.02 Å². The van der Waals surface area contributed by atoms with Crippen molar-refractivity contribution < 1.29 is 69.3 Å². The Labute approximate surface area is 320 Å². The first kappa shape index (κ1) is 44.0. The van der Waals surface area contributed by atoms with Gasteiger partial charge in [0.05, 0.1) is 54.8 Å². The second-order valence-corrected chi connectivity index (χ2v) is 15.6. The molecule has 2 heterocycles. The minimum atomic E-state index is -4.70. The predicted molar refractivity (Wildman–Crippen MR) is 187 cm³/mol. The summed E-state index contributed by atoms with van der Waals surface area (Å²) < 4.78 is 84.1. The molecule has 3 aliphatic rings. The second kappa shape index (κ2) is 19.4. The summed E-state index contributed by atoms with van der Waals surface area (Å²) in [6.07, 6.45) is -0.587. The van der Waals surface area contributed by atoms with E-state index in [-0.39, 0.29) is 97.1 Å². The number of nitrogens with zero attached hydrogens (tertiary/aromatic N) is 1. The molecule has 55 heavy (non-hydrogen) atoms. The zero-order valence-electron chi connectivity index (χ0n) is 30.2. The molecule has 1 aromatic heterocycles. The number of hydrogen-bond acceptors (Lipinski definition) is 13. The van der Waals surface area contributed by atoms with Crippen molar-refractivity contribution in [3.05, 3.63) is 57.4 Å². The lowest BCUT2D eigenvalue weighted by molar-refractivity contribution is -0.141. The summed E-state index contributed by atoms with van der Waals surface area (Å²) in [7, 11) is -2.20. The normalized spacial score (nSPS) is 18.7. The van der Waals surface area contributed by atoms with Crippen LogP contribution in [0.4, 0.5) is 13.2 Å². The van der Waals surface area contributed by atoms with E-state index in [1.807, 2.05) is 0 Å². The zero-order valence-corrected chi connectivity index (χ0v) is 31.8. The molecule has 0 radical (unpaired) electrons. The summed E-state index contributed by atoms with van der Waals surface area (Å²) in [6.45, 7) is 0.734. The molecule has 13 nitrogen and oxygen atoms in total. The Balaban J connectivity index is 0.000000246.